The summed E-state index contributed by atoms with van der Waals surface area (Å²) < 4.78 is 5.44. The molecule has 0 spiro atoms. The van der Waals surface area contributed by atoms with E-state index < -0.39 is 0 Å². The predicted molar refractivity (Wildman–Crippen MR) is 43.6 cm³/mol. The molecule has 1 heterocycles. The fourth-order valence-electron chi connectivity index (χ4n) is 2.26. The van der Waals surface area contributed by atoms with Crippen molar-refractivity contribution in [3.05, 3.63) is 11.6 Å². The minimum Gasteiger partial charge on any atom is -0.396 e. The maximum absolute atomic E-state index is 9.11. The number of rotatable bonds is 2. The Morgan fingerprint density at radius 2 is 2.33 bits per heavy atom. The molecule has 0 aromatic carbocycles. The highest BCUT2D eigenvalue weighted by atomic mass is 16.5. The lowest BCUT2D eigenvalue weighted by molar-refractivity contribution is 0.115. The summed E-state index contributed by atoms with van der Waals surface area (Å²) >= 11 is 0. The topological polar surface area (TPSA) is 49.7 Å². The summed E-state index contributed by atoms with van der Waals surface area (Å²) in [7, 11) is 0. The molecule has 3 heteroatoms. The third-order valence-electron chi connectivity index (χ3n) is 2.93. The van der Waals surface area contributed by atoms with Crippen molar-refractivity contribution >= 4 is 0 Å². The van der Waals surface area contributed by atoms with Crippen LogP contribution in [0.1, 0.15) is 6.42 Å². The molecule has 0 radical (unpaired) electrons. The van der Waals surface area contributed by atoms with Crippen LogP contribution in [0.4, 0.5) is 0 Å². The monoisotopic (exact) mass is 170 g/mol. The Kier molecular flexibility index (Phi) is 2.17. The summed E-state index contributed by atoms with van der Waals surface area (Å²) in [6.45, 7) is 0.986. The second-order valence-electron chi connectivity index (χ2n) is 3.48. The molecule has 1 saturated heterocycles. The van der Waals surface area contributed by atoms with Crippen LogP contribution in [-0.4, -0.2) is 36.1 Å². The molecular weight excluding hydrogens is 156 g/mol. The van der Waals surface area contributed by atoms with Gasteiger partial charge in [-0.1, -0.05) is 6.08 Å². The van der Waals surface area contributed by atoms with Gasteiger partial charge in [-0.15, -0.1) is 0 Å². The molecular formula is C9H14O3. The van der Waals surface area contributed by atoms with Crippen LogP contribution >= 0.6 is 0 Å². The van der Waals surface area contributed by atoms with E-state index >= 15 is 0 Å². The minimum absolute atomic E-state index is 0.0571. The molecule has 1 aliphatic carbocycles. The first-order valence-electron chi connectivity index (χ1n) is 4.40. The van der Waals surface area contributed by atoms with E-state index in [0.29, 0.717) is 5.92 Å². The predicted octanol–water partition coefficient (Wildman–Crippen LogP) is -0.0677. The zero-order chi connectivity index (χ0) is 8.55. The van der Waals surface area contributed by atoms with Crippen LogP contribution in [0.3, 0.4) is 0 Å². The zero-order valence-corrected chi connectivity index (χ0v) is 6.94. The van der Waals surface area contributed by atoms with E-state index in [1.54, 1.807) is 0 Å². The van der Waals surface area contributed by atoms with Gasteiger partial charge in [-0.05, 0) is 17.9 Å². The highest BCUT2D eigenvalue weighted by molar-refractivity contribution is 5.21. The van der Waals surface area contributed by atoms with Crippen molar-refractivity contribution in [2.24, 2.45) is 11.8 Å². The van der Waals surface area contributed by atoms with E-state index in [1.807, 2.05) is 6.08 Å². The molecule has 0 aromatic heterocycles. The maximum atomic E-state index is 9.11. The zero-order valence-electron chi connectivity index (χ0n) is 6.94. The highest BCUT2D eigenvalue weighted by Gasteiger charge is 2.39. The Hall–Kier alpha value is -0.380. The van der Waals surface area contributed by atoms with E-state index in [4.69, 9.17) is 14.9 Å². The first-order valence-corrected chi connectivity index (χ1v) is 4.40. The molecule has 0 bridgehead atoms. The summed E-state index contributed by atoms with van der Waals surface area (Å²) in [5.74, 6) is 0.555. The highest BCUT2D eigenvalue weighted by Crippen LogP contribution is 2.39. The third kappa shape index (κ3) is 1.09. The number of hydrogen-bond donors (Lipinski definition) is 2. The molecule has 2 rings (SSSR count). The summed E-state index contributed by atoms with van der Waals surface area (Å²) in [5, 5.41) is 18.1. The first-order chi connectivity index (χ1) is 5.86. The average Bonchev–Trinajstić information content (AvgIpc) is 2.61. The number of ether oxygens (including phenoxy) is 1. The van der Waals surface area contributed by atoms with Gasteiger partial charge in [-0.3, -0.25) is 0 Å². The first kappa shape index (κ1) is 8.23. The quantitative estimate of drug-likeness (QED) is 0.570. The van der Waals surface area contributed by atoms with Crippen molar-refractivity contribution in [3.63, 3.8) is 0 Å². The van der Waals surface area contributed by atoms with Gasteiger partial charge in [0.15, 0.2) is 0 Å². The van der Waals surface area contributed by atoms with Crippen LogP contribution in [0, 0.1) is 11.8 Å². The van der Waals surface area contributed by atoms with Gasteiger partial charge in [0.1, 0.15) is 0 Å². The molecule has 2 N–H and O–H groups in total. The van der Waals surface area contributed by atoms with Gasteiger partial charge in [0, 0.05) is 12.5 Å². The number of hydrogen-bond acceptors (Lipinski definition) is 3. The van der Waals surface area contributed by atoms with E-state index in [1.165, 1.54) is 0 Å². The van der Waals surface area contributed by atoms with Gasteiger partial charge >= 0.3 is 0 Å². The van der Waals surface area contributed by atoms with Gasteiger partial charge in [-0.2, -0.15) is 0 Å². The number of aliphatic hydroxyl groups is 2. The normalized spacial score (nSPS) is 39.8. The van der Waals surface area contributed by atoms with Gasteiger partial charge in [0.25, 0.3) is 0 Å². The van der Waals surface area contributed by atoms with Crippen LogP contribution in [0.25, 0.3) is 0 Å². The minimum atomic E-state index is 0.0571. The van der Waals surface area contributed by atoms with Crippen molar-refractivity contribution in [2.75, 3.05) is 19.8 Å². The molecule has 1 unspecified atom stereocenters. The smallest absolute Gasteiger partial charge is 0.0794 e. The fourth-order valence-corrected chi connectivity index (χ4v) is 2.26. The molecule has 0 saturated carbocycles. The van der Waals surface area contributed by atoms with E-state index in [-0.39, 0.29) is 25.2 Å². The van der Waals surface area contributed by atoms with Crippen LogP contribution in [0.5, 0.6) is 0 Å². The Morgan fingerprint density at radius 3 is 3.00 bits per heavy atom. The van der Waals surface area contributed by atoms with Crippen LogP contribution in [-0.2, 0) is 4.74 Å². The number of fused-ring (bicyclic) bond motifs is 1. The fraction of sp³-hybridized carbons (Fsp3) is 0.778. The van der Waals surface area contributed by atoms with Crippen LogP contribution < -0.4 is 0 Å². The Bertz CT molecular complexity index is 200. The number of aliphatic hydroxyl groups excluding tert-OH is 2. The molecule has 1 fully saturated rings. The largest absolute Gasteiger partial charge is 0.396 e. The summed E-state index contributed by atoms with van der Waals surface area (Å²) in [6, 6.07) is 0. The third-order valence-corrected chi connectivity index (χ3v) is 2.93. The van der Waals surface area contributed by atoms with Crippen molar-refractivity contribution in [1.82, 2.24) is 0 Å². The second kappa shape index (κ2) is 3.17. The Balaban J connectivity index is 2.15. The Morgan fingerprint density at radius 1 is 1.50 bits per heavy atom. The van der Waals surface area contributed by atoms with Gasteiger partial charge in [-0.25, -0.2) is 0 Å². The molecule has 0 aromatic rings. The molecule has 3 nitrogen and oxygen atoms in total. The van der Waals surface area contributed by atoms with E-state index in [9.17, 15) is 0 Å². The van der Waals surface area contributed by atoms with E-state index in [2.05, 4.69) is 0 Å². The van der Waals surface area contributed by atoms with Gasteiger partial charge < -0.3 is 14.9 Å². The summed E-state index contributed by atoms with van der Waals surface area (Å²) in [4.78, 5) is 0. The molecule has 0 amide bonds. The SMILES string of the molecule is OCC1=C[C@@H]2OCCC2[C@@H]1CO. The van der Waals surface area contributed by atoms with E-state index in [0.717, 1.165) is 18.6 Å². The average molecular weight is 170 g/mol. The molecule has 1 aliphatic heterocycles. The van der Waals surface area contributed by atoms with Crippen molar-refractivity contribution in [3.8, 4) is 0 Å². The van der Waals surface area contributed by atoms with Gasteiger partial charge in [0.05, 0.1) is 19.3 Å². The van der Waals surface area contributed by atoms with Gasteiger partial charge in [0.2, 0.25) is 0 Å². The van der Waals surface area contributed by atoms with Crippen molar-refractivity contribution < 1.29 is 14.9 Å². The standard InChI is InChI=1S/C9H14O3/c10-4-6-3-9-7(1-2-12-9)8(6)5-11/h3,7-11H,1-2,4-5H2/t7?,8-,9+/m1/s1. The van der Waals surface area contributed by atoms with Crippen LogP contribution in [0.2, 0.25) is 0 Å². The lowest BCUT2D eigenvalue weighted by atomic mass is 9.90. The summed E-state index contributed by atoms with van der Waals surface area (Å²) in [5.41, 5.74) is 0.951. The molecule has 68 valence electrons. The summed E-state index contributed by atoms with van der Waals surface area (Å²) in [6.07, 6.45) is 3.14. The van der Waals surface area contributed by atoms with Crippen molar-refractivity contribution in [1.29, 1.82) is 0 Å². The van der Waals surface area contributed by atoms with Crippen LogP contribution in [0.15, 0.2) is 11.6 Å². The Labute approximate surface area is 71.7 Å². The lowest BCUT2D eigenvalue weighted by Crippen LogP contribution is -2.20. The second-order valence-corrected chi connectivity index (χ2v) is 3.48. The molecule has 3 atom stereocenters. The van der Waals surface area contributed by atoms with Crippen molar-refractivity contribution in [2.45, 2.75) is 12.5 Å². The molecule has 2 aliphatic rings. The lowest BCUT2D eigenvalue weighted by Gasteiger charge is -2.17. The maximum Gasteiger partial charge on any atom is 0.0794 e. The molecule has 12 heavy (non-hydrogen) atoms.